The van der Waals surface area contributed by atoms with Gasteiger partial charge in [0, 0.05) is 17.8 Å². The molecule has 5 nitrogen and oxygen atoms in total. The van der Waals surface area contributed by atoms with Crippen LogP contribution in [0.15, 0.2) is 73.1 Å². The fourth-order valence-electron chi connectivity index (χ4n) is 4.75. The molecule has 1 atom stereocenters. The smallest absolute Gasteiger partial charge is 0.260 e. The number of aryl methyl sites for hydroxylation is 1. The summed E-state index contributed by atoms with van der Waals surface area (Å²) >= 11 is 0. The van der Waals surface area contributed by atoms with Crippen molar-refractivity contribution < 1.29 is 4.79 Å². The summed E-state index contributed by atoms with van der Waals surface area (Å²) in [7, 11) is 0. The highest BCUT2D eigenvalue weighted by atomic mass is 16.2. The van der Waals surface area contributed by atoms with E-state index in [0.717, 1.165) is 36.9 Å². The molecule has 0 N–H and O–H groups in total. The van der Waals surface area contributed by atoms with Crippen molar-refractivity contribution in [3.8, 4) is 11.3 Å². The third kappa shape index (κ3) is 2.73. The lowest BCUT2D eigenvalue weighted by atomic mass is 10.1. The van der Waals surface area contributed by atoms with Crippen molar-refractivity contribution in [2.24, 2.45) is 0 Å². The highest BCUT2D eigenvalue weighted by Crippen LogP contribution is 2.42. The number of rotatable bonds is 4. The molecule has 0 aliphatic heterocycles. The van der Waals surface area contributed by atoms with Gasteiger partial charge in [-0.15, -0.1) is 0 Å². The molecule has 0 radical (unpaired) electrons. The molecule has 2 aromatic heterocycles. The molecule has 2 heterocycles. The Labute approximate surface area is 175 Å². The molecule has 6 rings (SSSR count). The van der Waals surface area contributed by atoms with E-state index in [4.69, 9.17) is 0 Å². The summed E-state index contributed by atoms with van der Waals surface area (Å²) in [6, 6.07) is 21.0. The molecular formula is C25H22N4O. The maximum Gasteiger partial charge on any atom is 0.260 e. The quantitative estimate of drug-likeness (QED) is 0.505. The van der Waals surface area contributed by atoms with Crippen LogP contribution in [0.3, 0.4) is 0 Å². The number of aromatic nitrogens is 3. The Balaban J connectivity index is 1.42. The Bertz CT molecular complexity index is 1240. The molecule has 4 aromatic rings. The second kappa shape index (κ2) is 6.80. The minimum Gasteiger partial charge on any atom is -0.328 e. The van der Waals surface area contributed by atoms with Crippen LogP contribution in [0.5, 0.6) is 0 Å². The van der Waals surface area contributed by atoms with Crippen molar-refractivity contribution in [2.75, 3.05) is 0 Å². The van der Waals surface area contributed by atoms with Gasteiger partial charge in [-0.1, -0.05) is 54.6 Å². The second-order valence-electron chi connectivity index (χ2n) is 8.19. The molecule has 0 spiro atoms. The molecule has 1 fully saturated rings. The number of nitrogens with zero attached hydrogens (tertiary/aromatic N) is 4. The van der Waals surface area contributed by atoms with E-state index in [1.165, 1.54) is 11.1 Å². The van der Waals surface area contributed by atoms with Crippen molar-refractivity contribution in [1.29, 1.82) is 0 Å². The minimum atomic E-state index is 0.0481. The van der Waals surface area contributed by atoms with Crippen LogP contribution >= 0.6 is 0 Å². The van der Waals surface area contributed by atoms with E-state index in [0.29, 0.717) is 17.3 Å². The number of amides is 1. The van der Waals surface area contributed by atoms with Crippen LogP contribution in [-0.4, -0.2) is 31.4 Å². The third-order valence-electron chi connectivity index (χ3n) is 6.31. The number of hydrogen-bond acceptors (Lipinski definition) is 3. The summed E-state index contributed by atoms with van der Waals surface area (Å²) in [5, 5.41) is 4.56. The summed E-state index contributed by atoms with van der Waals surface area (Å²) < 4.78 is 1.79. The Morgan fingerprint density at radius 1 is 0.967 bits per heavy atom. The zero-order chi connectivity index (χ0) is 20.1. The number of carbonyl (C=O) groups excluding carboxylic acids is 1. The van der Waals surface area contributed by atoms with E-state index in [-0.39, 0.29) is 11.9 Å². The van der Waals surface area contributed by atoms with E-state index in [9.17, 15) is 4.79 Å². The molecule has 5 heteroatoms. The molecule has 0 saturated heterocycles. The predicted octanol–water partition coefficient (Wildman–Crippen LogP) is 4.69. The van der Waals surface area contributed by atoms with Crippen LogP contribution < -0.4 is 0 Å². The first-order valence-corrected chi connectivity index (χ1v) is 10.6. The van der Waals surface area contributed by atoms with Crippen molar-refractivity contribution in [3.05, 3.63) is 89.7 Å². The van der Waals surface area contributed by atoms with Gasteiger partial charge in [0.25, 0.3) is 5.91 Å². The molecular weight excluding hydrogens is 372 g/mol. The maximum absolute atomic E-state index is 13.8. The lowest BCUT2D eigenvalue weighted by Crippen LogP contribution is -2.36. The summed E-state index contributed by atoms with van der Waals surface area (Å²) in [4.78, 5) is 20.4. The van der Waals surface area contributed by atoms with E-state index >= 15 is 0 Å². The van der Waals surface area contributed by atoms with Gasteiger partial charge in [-0.05, 0) is 42.9 Å². The highest BCUT2D eigenvalue weighted by Gasteiger charge is 2.41. The summed E-state index contributed by atoms with van der Waals surface area (Å²) in [6.07, 6.45) is 7.63. The van der Waals surface area contributed by atoms with Gasteiger partial charge in [-0.2, -0.15) is 5.10 Å². The first-order chi connectivity index (χ1) is 14.8. The van der Waals surface area contributed by atoms with Crippen molar-refractivity contribution >= 4 is 11.6 Å². The fourth-order valence-corrected chi connectivity index (χ4v) is 4.75. The summed E-state index contributed by atoms with van der Waals surface area (Å²) in [6.45, 7) is 0. The van der Waals surface area contributed by atoms with E-state index in [1.807, 2.05) is 36.4 Å². The molecule has 2 aliphatic rings. The van der Waals surface area contributed by atoms with Gasteiger partial charge in [-0.3, -0.25) is 4.79 Å². The van der Waals surface area contributed by atoms with Gasteiger partial charge in [0.1, 0.15) is 5.56 Å². The molecule has 1 unspecified atom stereocenters. The average molecular weight is 394 g/mol. The molecule has 0 bridgehead atoms. The van der Waals surface area contributed by atoms with Crippen molar-refractivity contribution in [3.63, 3.8) is 0 Å². The van der Waals surface area contributed by atoms with Gasteiger partial charge in [0.05, 0.1) is 17.9 Å². The lowest BCUT2D eigenvalue weighted by Gasteiger charge is -2.29. The SMILES string of the molecule is O=C(c1cnn2c(-c3ccccc3)ccnc12)N(C1CC1)C1CCc2ccccc21. The van der Waals surface area contributed by atoms with Crippen LogP contribution in [-0.2, 0) is 6.42 Å². The molecule has 148 valence electrons. The predicted molar refractivity (Wildman–Crippen MR) is 115 cm³/mol. The number of benzene rings is 2. The standard InChI is InChI=1S/C25H22N4O/c30-25(28(19-11-12-19)23-13-10-17-6-4-5-9-20(17)23)21-16-27-29-22(14-15-26-24(21)29)18-7-2-1-3-8-18/h1-9,14-16,19,23H,10-13H2. The molecule has 2 aromatic carbocycles. The zero-order valence-electron chi connectivity index (χ0n) is 16.6. The van der Waals surface area contributed by atoms with Crippen molar-refractivity contribution in [2.45, 2.75) is 37.8 Å². The van der Waals surface area contributed by atoms with Gasteiger partial charge < -0.3 is 4.90 Å². The topological polar surface area (TPSA) is 50.5 Å². The average Bonchev–Trinajstić information content (AvgIpc) is 3.39. The third-order valence-corrected chi connectivity index (χ3v) is 6.31. The summed E-state index contributed by atoms with van der Waals surface area (Å²) in [5.74, 6) is 0.0481. The highest BCUT2D eigenvalue weighted by molar-refractivity contribution is 6.00. The van der Waals surface area contributed by atoms with E-state index < -0.39 is 0 Å². The van der Waals surface area contributed by atoms with E-state index in [2.05, 4.69) is 39.2 Å². The van der Waals surface area contributed by atoms with Crippen LogP contribution in [0.1, 0.15) is 46.8 Å². The number of hydrogen-bond donors (Lipinski definition) is 0. The summed E-state index contributed by atoms with van der Waals surface area (Å²) in [5.41, 5.74) is 5.86. The second-order valence-corrected chi connectivity index (χ2v) is 8.19. The Morgan fingerprint density at radius 2 is 1.77 bits per heavy atom. The van der Waals surface area contributed by atoms with Crippen LogP contribution in [0.25, 0.3) is 16.9 Å². The fraction of sp³-hybridized carbons (Fsp3) is 0.240. The molecule has 2 aliphatic carbocycles. The monoisotopic (exact) mass is 394 g/mol. The zero-order valence-corrected chi connectivity index (χ0v) is 16.6. The Kier molecular flexibility index (Phi) is 3.94. The largest absolute Gasteiger partial charge is 0.328 e. The molecule has 1 saturated carbocycles. The Hall–Kier alpha value is -3.47. The van der Waals surface area contributed by atoms with Crippen molar-refractivity contribution in [1.82, 2.24) is 19.5 Å². The lowest BCUT2D eigenvalue weighted by molar-refractivity contribution is 0.0660. The molecule has 30 heavy (non-hydrogen) atoms. The van der Waals surface area contributed by atoms with Gasteiger partial charge in [0.2, 0.25) is 0 Å². The first kappa shape index (κ1) is 17.4. The normalized spacial score (nSPS) is 17.8. The van der Waals surface area contributed by atoms with E-state index in [1.54, 1.807) is 16.9 Å². The van der Waals surface area contributed by atoms with Crippen LogP contribution in [0, 0.1) is 0 Å². The van der Waals surface area contributed by atoms with Gasteiger partial charge >= 0.3 is 0 Å². The van der Waals surface area contributed by atoms with Crippen LogP contribution in [0.4, 0.5) is 0 Å². The van der Waals surface area contributed by atoms with Crippen LogP contribution in [0.2, 0.25) is 0 Å². The Morgan fingerprint density at radius 3 is 2.60 bits per heavy atom. The maximum atomic E-state index is 13.8. The number of carbonyl (C=O) groups is 1. The van der Waals surface area contributed by atoms with Gasteiger partial charge in [-0.25, -0.2) is 9.50 Å². The first-order valence-electron chi connectivity index (χ1n) is 10.6. The number of fused-ring (bicyclic) bond motifs is 2. The molecule has 1 amide bonds. The minimum absolute atomic E-state index is 0.0481. The van der Waals surface area contributed by atoms with Gasteiger partial charge in [0.15, 0.2) is 5.65 Å².